The first-order chi connectivity index (χ1) is 13.6. The van der Waals surface area contributed by atoms with Gasteiger partial charge in [-0.1, -0.05) is 41.9 Å². The first kappa shape index (κ1) is 18.1. The van der Waals surface area contributed by atoms with Crippen LogP contribution in [0.25, 0.3) is 0 Å². The van der Waals surface area contributed by atoms with E-state index >= 15 is 0 Å². The van der Waals surface area contributed by atoms with Crippen LogP contribution in [-0.2, 0) is 9.59 Å². The van der Waals surface area contributed by atoms with Crippen molar-refractivity contribution in [3.05, 3.63) is 83.4 Å². The molecule has 1 atom stereocenters. The van der Waals surface area contributed by atoms with Gasteiger partial charge in [-0.25, -0.2) is 0 Å². The number of carbonyl (C=O) groups excluding carboxylic acids is 2. The van der Waals surface area contributed by atoms with E-state index in [0.29, 0.717) is 27.9 Å². The zero-order chi connectivity index (χ0) is 19.5. The van der Waals surface area contributed by atoms with Crippen molar-refractivity contribution in [1.29, 1.82) is 0 Å². The Labute approximate surface area is 167 Å². The third-order valence-corrected chi connectivity index (χ3v) is 4.81. The molecule has 0 fully saturated rings. The van der Waals surface area contributed by atoms with Crippen LogP contribution in [0.4, 0.5) is 11.4 Å². The van der Waals surface area contributed by atoms with Crippen molar-refractivity contribution in [2.24, 2.45) is 0 Å². The number of hydrogen-bond donors (Lipinski definition) is 2. The smallest absolute Gasteiger partial charge is 0.232 e. The lowest BCUT2D eigenvalue weighted by atomic mass is 9.90. The second-order valence-corrected chi connectivity index (χ2v) is 6.85. The van der Waals surface area contributed by atoms with Crippen LogP contribution in [0.2, 0.25) is 5.02 Å². The molecule has 0 aromatic heterocycles. The minimum Gasteiger partial charge on any atom is -0.456 e. The third-order valence-electron chi connectivity index (χ3n) is 4.50. The molecule has 6 heteroatoms. The summed E-state index contributed by atoms with van der Waals surface area (Å²) in [5.41, 5.74) is 2.13. The molecule has 0 saturated heterocycles. The van der Waals surface area contributed by atoms with Crippen LogP contribution < -0.4 is 15.4 Å². The van der Waals surface area contributed by atoms with E-state index in [9.17, 15) is 9.59 Å². The van der Waals surface area contributed by atoms with Gasteiger partial charge in [0, 0.05) is 17.8 Å². The fraction of sp³-hybridized carbons (Fsp3) is 0.0909. The molecule has 0 unspecified atom stereocenters. The summed E-state index contributed by atoms with van der Waals surface area (Å²) in [5, 5.41) is 6.19. The van der Waals surface area contributed by atoms with Crippen molar-refractivity contribution in [3.8, 4) is 11.5 Å². The van der Waals surface area contributed by atoms with Crippen LogP contribution in [0.3, 0.4) is 0 Å². The summed E-state index contributed by atoms with van der Waals surface area (Å²) in [6.07, 6.45) is 0.122. The lowest BCUT2D eigenvalue weighted by Crippen LogP contribution is -2.30. The molecular weight excluding hydrogens is 376 g/mol. The number of nitrogens with one attached hydrogen (secondary N) is 2. The Hall–Kier alpha value is -3.31. The maximum Gasteiger partial charge on any atom is 0.232 e. The van der Waals surface area contributed by atoms with Gasteiger partial charge in [0.2, 0.25) is 11.8 Å². The Balaban J connectivity index is 1.47. The largest absolute Gasteiger partial charge is 0.456 e. The minimum absolute atomic E-state index is 0.122. The van der Waals surface area contributed by atoms with Crippen LogP contribution in [0.1, 0.15) is 17.9 Å². The number of fused-ring (bicyclic) bond motifs is 1. The van der Waals surface area contributed by atoms with Gasteiger partial charge in [0.15, 0.2) is 0 Å². The van der Waals surface area contributed by atoms with Gasteiger partial charge < -0.3 is 15.4 Å². The quantitative estimate of drug-likeness (QED) is 0.641. The van der Waals surface area contributed by atoms with Gasteiger partial charge >= 0.3 is 0 Å². The molecule has 140 valence electrons. The van der Waals surface area contributed by atoms with Crippen molar-refractivity contribution < 1.29 is 14.3 Å². The normalized spacial score (nSPS) is 15.3. The predicted octanol–water partition coefficient (Wildman–Crippen LogP) is 5.20. The van der Waals surface area contributed by atoms with Gasteiger partial charge in [-0.05, 0) is 48.0 Å². The summed E-state index contributed by atoms with van der Waals surface area (Å²) in [5.74, 6) is 0.257. The molecule has 1 aliphatic heterocycles. The van der Waals surface area contributed by atoms with E-state index in [2.05, 4.69) is 10.6 Å². The average molecular weight is 393 g/mol. The van der Waals surface area contributed by atoms with E-state index in [1.807, 2.05) is 30.3 Å². The topological polar surface area (TPSA) is 67.4 Å². The molecule has 5 nitrogen and oxygen atoms in total. The fourth-order valence-electron chi connectivity index (χ4n) is 3.14. The molecule has 3 aromatic rings. The maximum absolute atomic E-state index is 12.8. The number of halogens is 1. The van der Waals surface area contributed by atoms with Gasteiger partial charge in [-0.2, -0.15) is 0 Å². The molecule has 0 spiro atoms. The van der Waals surface area contributed by atoms with Crippen molar-refractivity contribution in [1.82, 2.24) is 0 Å². The first-order valence-corrected chi connectivity index (χ1v) is 9.20. The Morgan fingerprint density at radius 3 is 2.50 bits per heavy atom. The Morgan fingerprint density at radius 1 is 1.00 bits per heavy atom. The summed E-state index contributed by atoms with van der Waals surface area (Å²) in [4.78, 5) is 24.7. The van der Waals surface area contributed by atoms with Gasteiger partial charge in [0.05, 0.1) is 10.9 Å². The zero-order valence-corrected chi connectivity index (χ0v) is 15.6. The van der Waals surface area contributed by atoms with E-state index < -0.39 is 5.92 Å². The Bertz CT molecular complexity index is 1030. The van der Waals surface area contributed by atoms with Crippen molar-refractivity contribution >= 4 is 34.8 Å². The summed E-state index contributed by atoms with van der Waals surface area (Å²) >= 11 is 6.10. The van der Waals surface area contributed by atoms with Crippen molar-refractivity contribution in [3.63, 3.8) is 0 Å². The van der Waals surface area contributed by atoms with Gasteiger partial charge in [0.1, 0.15) is 11.5 Å². The highest BCUT2D eigenvalue weighted by molar-refractivity contribution is 6.32. The highest BCUT2D eigenvalue weighted by atomic mass is 35.5. The van der Waals surface area contributed by atoms with Crippen LogP contribution >= 0.6 is 11.6 Å². The molecule has 4 rings (SSSR count). The van der Waals surface area contributed by atoms with Crippen molar-refractivity contribution in [2.45, 2.75) is 12.3 Å². The number of anilines is 2. The Morgan fingerprint density at radius 2 is 1.71 bits per heavy atom. The second kappa shape index (κ2) is 7.74. The van der Waals surface area contributed by atoms with Crippen LogP contribution in [0.15, 0.2) is 72.8 Å². The molecule has 0 bridgehead atoms. The van der Waals surface area contributed by atoms with Gasteiger partial charge in [0.25, 0.3) is 0 Å². The van der Waals surface area contributed by atoms with Gasteiger partial charge in [-0.15, -0.1) is 0 Å². The van der Waals surface area contributed by atoms with E-state index in [-0.39, 0.29) is 18.2 Å². The van der Waals surface area contributed by atoms with Crippen LogP contribution in [-0.4, -0.2) is 11.8 Å². The number of rotatable bonds is 4. The number of hydrogen-bond acceptors (Lipinski definition) is 3. The molecule has 1 aliphatic rings. The summed E-state index contributed by atoms with van der Waals surface area (Å²) in [7, 11) is 0. The van der Waals surface area contributed by atoms with Crippen molar-refractivity contribution in [2.75, 3.05) is 10.6 Å². The molecule has 0 radical (unpaired) electrons. The summed E-state index contributed by atoms with van der Waals surface area (Å²) in [6, 6.07) is 21.6. The third kappa shape index (κ3) is 3.85. The highest BCUT2D eigenvalue weighted by Crippen LogP contribution is 2.33. The number of carbonyl (C=O) groups is 2. The maximum atomic E-state index is 12.8. The highest BCUT2D eigenvalue weighted by Gasteiger charge is 2.30. The van der Waals surface area contributed by atoms with E-state index in [1.165, 1.54) is 0 Å². The number of ether oxygens (including phenoxy) is 1. The van der Waals surface area contributed by atoms with E-state index in [4.69, 9.17) is 16.3 Å². The van der Waals surface area contributed by atoms with Gasteiger partial charge in [-0.3, -0.25) is 9.59 Å². The minimum atomic E-state index is -0.524. The molecule has 3 aromatic carbocycles. The van der Waals surface area contributed by atoms with Crippen LogP contribution in [0, 0.1) is 0 Å². The molecule has 28 heavy (non-hydrogen) atoms. The van der Waals surface area contributed by atoms with Crippen LogP contribution in [0.5, 0.6) is 11.5 Å². The first-order valence-electron chi connectivity index (χ1n) is 8.82. The average Bonchev–Trinajstić information content (AvgIpc) is 2.70. The molecule has 2 amide bonds. The Kier molecular flexibility index (Phi) is 5.00. The summed E-state index contributed by atoms with van der Waals surface area (Å²) < 4.78 is 5.75. The van der Waals surface area contributed by atoms with E-state index in [0.717, 1.165) is 5.56 Å². The molecule has 0 aliphatic carbocycles. The molecule has 1 heterocycles. The van der Waals surface area contributed by atoms with E-state index in [1.54, 1.807) is 42.5 Å². The molecule has 2 N–H and O–H groups in total. The molecular formula is C22H17ClN2O3. The number of amides is 2. The lowest BCUT2D eigenvalue weighted by molar-refractivity contribution is -0.123. The SMILES string of the molecule is O=C1C[C@@H](C(=O)Nc2ccc(Oc3ccccc3Cl)cc2)c2ccccc2N1. The predicted molar refractivity (Wildman–Crippen MR) is 109 cm³/mol. The monoisotopic (exact) mass is 392 g/mol. The second-order valence-electron chi connectivity index (χ2n) is 6.44. The zero-order valence-electron chi connectivity index (χ0n) is 14.8. The fourth-order valence-corrected chi connectivity index (χ4v) is 3.31. The molecule has 0 saturated carbocycles. The summed E-state index contributed by atoms with van der Waals surface area (Å²) in [6.45, 7) is 0. The lowest BCUT2D eigenvalue weighted by Gasteiger charge is -2.24. The number of para-hydroxylation sites is 2. The number of benzene rings is 3. The standard InChI is InChI=1S/C22H17ClN2O3/c23-18-6-2-4-8-20(18)28-15-11-9-14(10-12-15)24-22(27)17-13-21(26)25-19-7-3-1-5-16(17)19/h1-12,17H,13H2,(H,24,27)(H,25,26)/t17-/m1/s1.